The second-order valence-electron chi connectivity index (χ2n) is 7.20. The van der Waals surface area contributed by atoms with Gasteiger partial charge in [-0.2, -0.15) is 0 Å². The Balaban J connectivity index is 1.56. The number of anilines is 1. The second-order valence-corrected chi connectivity index (χ2v) is 7.20. The predicted octanol–water partition coefficient (Wildman–Crippen LogP) is 4.04. The highest BCUT2D eigenvalue weighted by atomic mass is 16.5. The summed E-state index contributed by atoms with van der Waals surface area (Å²) in [5, 5.41) is 2.90. The van der Waals surface area contributed by atoms with E-state index in [4.69, 9.17) is 9.26 Å². The van der Waals surface area contributed by atoms with E-state index in [1.165, 1.54) is 6.07 Å². The van der Waals surface area contributed by atoms with Crippen LogP contribution in [0.25, 0.3) is 5.65 Å². The molecule has 152 valence electrons. The standard InChI is InChI=1S/C23H21N3O4/c1-14-5-4-6-17(9-14)23(28)25-19-8-7-15(2)10-20(19)29-13-18-12-22(27)26-21(24-18)11-16(3)30-26/h4-12H,13H2,1-3H3,(H,25,28). The summed E-state index contributed by atoms with van der Waals surface area (Å²) in [4.78, 5) is 29.2. The van der Waals surface area contributed by atoms with Gasteiger partial charge in [0.1, 0.15) is 18.1 Å². The Bertz CT molecular complexity index is 1300. The summed E-state index contributed by atoms with van der Waals surface area (Å²) in [6.45, 7) is 5.70. The van der Waals surface area contributed by atoms with Crippen LogP contribution in [0.2, 0.25) is 0 Å². The van der Waals surface area contributed by atoms with Crippen molar-refractivity contribution in [3.8, 4) is 5.75 Å². The fraction of sp³-hybridized carbons (Fsp3) is 0.174. The van der Waals surface area contributed by atoms with Crippen LogP contribution in [0.4, 0.5) is 5.69 Å². The van der Waals surface area contributed by atoms with Crippen molar-refractivity contribution in [2.24, 2.45) is 0 Å². The molecule has 0 saturated heterocycles. The van der Waals surface area contributed by atoms with Crippen LogP contribution in [0.3, 0.4) is 0 Å². The van der Waals surface area contributed by atoms with Crippen molar-refractivity contribution < 1.29 is 14.1 Å². The minimum atomic E-state index is -0.316. The molecule has 2 heterocycles. The largest absolute Gasteiger partial charge is 0.485 e. The predicted molar refractivity (Wildman–Crippen MR) is 113 cm³/mol. The summed E-state index contributed by atoms with van der Waals surface area (Å²) in [7, 11) is 0. The molecular weight excluding hydrogens is 382 g/mol. The Morgan fingerprint density at radius 2 is 1.87 bits per heavy atom. The highest BCUT2D eigenvalue weighted by molar-refractivity contribution is 6.05. The van der Waals surface area contributed by atoms with Gasteiger partial charge in [-0.15, -0.1) is 4.57 Å². The highest BCUT2D eigenvalue weighted by Crippen LogP contribution is 2.27. The molecule has 0 aliphatic carbocycles. The Hall–Kier alpha value is -3.87. The molecule has 7 nitrogen and oxygen atoms in total. The lowest BCUT2D eigenvalue weighted by Gasteiger charge is -2.13. The molecule has 0 saturated carbocycles. The van der Waals surface area contributed by atoms with Crippen molar-refractivity contribution in [3.05, 3.63) is 93.1 Å². The van der Waals surface area contributed by atoms with Crippen LogP contribution in [0.5, 0.6) is 5.75 Å². The summed E-state index contributed by atoms with van der Waals surface area (Å²) in [6.07, 6.45) is 0. The van der Waals surface area contributed by atoms with E-state index in [1.54, 1.807) is 25.1 Å². The first-order valence-corrected chi connectivity index (χ1v) is 9.50. The summed E-state index contributed by atoms with van der Waals surface area (Å²) in [5.74, 6) is 0.873. The van der Waals surface area contributed by atoms with Crippen LogP contribution in [-0.4, -0.2) is 15.5 Å². The van der Waals surface area contributed by atoms with Gasteiger partial charge in [0.25, 0.3) is 11.5 Å². The minimum Gasteiger partial charge on any atom is -0.485 e. The topological polar surface area (TPSA) is 85.8 Å². The number of aromatic nitrogens is 2. The zero-order valence-corrected chi connectivity index (χ0v) is 16.9. The molecule has 0 aliphatic rings. The molecular formula is C23H21N3O4. The number of rotatable bonds is 5. The molecule has 0 aliphatic heterocycles. The molecule has 1 N–H and O–H groups in total. The number of hydrogen-bond acceptors (Lipinski definition) is 5. The average molecular weight is 403 g/mol. The van der Waals surface area contributed by atoms with E-state index >= 15 is 0 Å². The minimum absolute atomic E-state index is 0.0761. The van der Waals surface area contributed by atoms with E-state index in [-0.39, 0.29) is 18.1 Å². The van der Waals surface area contributed by atoms with Crippen LogP contribution in [0.15, 0.2) is 63.9 Å². The molecule has 1 amide bonds. The van der Waals surface area contributed by atoms with Crippen molar-refractivity contribution in [2.45, 2.75) is 27.4 Å². The highest BCUT2D eigenvalue weighted by Gasteiger charge is 2.12. The average Bonchev–Trinajstić information content (AvgIpc) is 3.09. The van der Waals surface area contributed by atoms with Gasteiger partial charge in [0.2, 0.25) is 0 Å². The summed E-state index contributed by atoms with van der Waals surface area (Å²) < 4.78 is 12.4. The monoisotopic (exact) mass is 403 g/mol. The lowest BCUT2D eigenvalue weighted by molar-refractivity contribution is 0.102. The maximum atomic E-state index is 12.6. The van der Waals surface area contributed by atoms with Crippen LogP contribution >= 0.6 is 0 Å². The molecule has 0 unspecified atom stereocenters. The van der Waals surface area contributed by atoms with E-state index in [1.807, 2.05) is 44.2 Å². The van der Waals surface area contributed by atoms with E-state index in [0.29, 0.717) is 34.1 Å². The molecule has 4 rings (SSSR count). The van der Waals surface area contributed by atoms with Crippen LogP contribution < -0.4 is 15.6 Å². The van der Waals surface area contributed by atoms with Gasteiger partial charge in [0.15, 0.2) is 5.65 Å². The molecule has 7 heteroatoms. The third kappa shape index (κ3) is 4.10. The van der Waals surface area contributed by atoms with Gasteiger partial charge in [0, 0.05) is 17.7 Å². The number of fused-ring (bicyclic) bond motifs is 1. The van der Waals surface area contributed by atoms with Crippen LogP contribution in [-0.2, 0) is 6.61 Å². The third-order valence-corrected chi connectivity index (χ3v) is 4.57. The second kappa shape index (κ2) is 7.87. The molecule has 2 aromatic heterocycles. The molecule has 30 heavy (non-hydrogen) atoms. The maximum absolute atomic E-state index is 12.6. The first kappa shape index (κ1) is 19.4. The summed E-state index contributed by atoms with van der Waals surface area (Å²) in [5.41, 5.74) is 3.68. The molecule has 0 radical (unpaired) electrons. The number of nitrogens with zero attached hydrogens (tertiary/aromatic N) is 2. The van der Waals surface area contributed by atoms with E-state index in [9.17, 15) is 9.59 Å². The van der Waals surface area contributed by atoms with Gasteiger partial charge in [-0.3, -0.25) is 9.59 Å². The lowest BCUT2D eigenvalue weighted by atomic mass is 10.1. The molecule has 0 fully saturated rings. The molecule has 2 aromatic carbocycles. The number of benzene rings is 2. The lowest BCUT2D eigenvalue weighted by Crippen LogP contribution is -2.15. The number of carbonyl (C=O) groups is 1. The molecule has 0 spiro atoms. The van der Waals surface area contributed by atoms with Gasteiger partial charge >= 0.3 is 0 Å². The number of ether oxygens (including phenoxy) is 1. The Morgan fingerprint density at radius 3 is 2.67 bits per heavy atom. The van der Waals surface area contributed by atoms with Crippen molar-refractivity contribution in [1.29, 1.82) is 0 Å². The van der Waals surface area contributed by atoms with Crippen molar-refractivity contribution in [1.82, 2.24) is 9.56 Å². The van der Waals surface area contributed by atoms with E-state index < -0.39 is 0 Å². The number of amides is 1. The van der Waals surface area contributed by atoms with Gasteiger partial charge in [-0.25, -0.2) is 4.98 Å². The van der Waals surface area contributed by atoms with Crippen LogP contribution in [0.1, 0.15) is 32.9 Å². The zero-order chi connectivity index (χ0) is 21.3. The quantitative estimate of drug-likeness (QED) is 0.543. The number of hydrogen-bond donors (Lipinski definition) is 1. The SMILES string of the molecule is Cc1cccc(C(=O)Nc2ccc(C)cc2OCc2cc(=O)n3oc(C)cc3n2)c1. The zero-order valence-electron chi connectivity index (χ0n) is 16.9. The Morgan fingerprint density at radius 1 is 1.07 bits per heavy atom. The molecule has 0 atom stereocenters. The summed E-state index contributed by atoms with van der Waals surface area (Å²) in [6, 6.07) is 15.9. The van der Waals surface area contributed by atoms with Gasteiger partial charge in [-0.1, -0.05) is 23.8 Å². The number of nitrogens with one attached hydrogen (secondary N) is 1. The Labute approximate surface area is 172 Å². The molecule has 0 bridgehead atoms. The normalized spacial score (nSPS) is 10.9. The van der Waals surface area contributed by atoms with Gasteiger partial charge in [-0.05, 0) is 50.6 Å². The first-order chi connectivity index (χ1) is 14.4. The maximum Gasteiger partial charge on any atom is 0.287 e. The van der Waals surface area contributed by atoms with Gasteiger partial charge in [0.05, 0.1) is 11.4 Å². The number of aryl methyl sites for hydroxylation is 3. The van der Waals surface area contributed by atoms with Crippen molar-refractivity contribution in [3.63, 3.8) is 0 Å². The van der Waals surface area contributed by atoms with Crippen molar-refractivity contribution in [2.75, 3.05) is 5.32 Å². The first-order valence-electron chi connectivity index (χ1n) is 9.50. The third-order valence-electron chi connectivity index (χ3n) is 4.57. The smallest absolute Gasteiger partial charge is 0.287 e. The Kier molecular flexibility index (Phi) is 5.10. The van der Waals surface area contributed by atoms with Crippen LogP contribution in [0, 0.1) is 20.8 Å². The fourth-order valence-corrected chi connectivity index (χ4v) is 3.13. The van der Waals surface area contributed by atoms with Gasteiger partial charge < -0.3 is 14.6 Å². The summed E-state index contributed by atoms with van der Waals surface area (Å²) >= 11 is 0. The number of carbonyl (C=O) groups excluding carboxylic acids is 1. The fourth-order valence-electron chi connectivity index (χ4n) is 3.13. The van der Waals surface area contributed by atoms with E-state index in [2.05, 4.69) is 10.3 Å². The van der Waals surface area contributed by atoms with Crippen molar-refractivity contribution >= 4 is 17.2 Å². The molecule has 4 aromatic rings. The van der Waals surface area contributed by atoms with E-state index in [0.717, 1.165) is 15.7 Å².